The average Bonchev–Trinajstić information content (AvgIpc) is 2.71. The lowest BCUT2D eigenvalue weighted by Crippen LogP contribution is -2.17. The number of carbonyl (C=O) groups is 1. The molecule has 0 bridgehead atoms. The highest BCUT2D eigenvalue weighted by Crippen LogP contribution is 2.30. The van der Waals surface area contributed by atoms with Gasteiger partial charge in [-0.3, -0.25) is 4.79 Å². The third-order valence-corrected chi connectivity index (χ3v) is 2.97. The SMILES string of the molecule is CCOC(=O)[C@H]1Cc2ccc(OC)cc2C1. The van der Waals surface area contributed by atoms with E-state index in [0.29, 0.717) is 6.61 Å². The zero-order valence-electron chi connectivity index (χ0n) is 9.66. The number of hydrogen-bond donors (Lipinski definition) is 0. The van der Waals surface area contributed by atoms with Crippen LogP contribution < -0.4 is 4.74 Å². The van der Waals surface area contributed by atoms with Crippen LogP contribution in [0.4, 0.5) is 0 Å². The van der Waals surface area contributed by atoms with Gasteiger partial charge >= 0.3 is 5.97 Å². The molecule has 0 spiro atoms. The number of esters is 1. The molecule has 1 atom stereocenters. The Hall–Kier alpha value is -1.51. The highest BCUT2D eigenvalue weighted by molar-refractivity contribution is 5.74. The lowest BCUT2D eigenvalue weighted by Gasteiger charge is -2.06. The molecule has 0 saturated carbocycles. The molecule has 0 aromatic heterocycles. The van der Waals surface area contributed by atoms with Crippen molar-refractivity contribution in [2.75, 3.05) is 13.7 Å². The molecule has 0 unspecified atom stereocenters. The van der Waals surface area contributed by atoms with Gasteiger partial charge in [0.15, 0.2) is 0 Å². The molecular weight excluding hydrogens is 204 g/mol. The van der Waals surface area contributed by atoms with Gasteiger partial charge in [0.25, 0.3) is 0 Å². The first-order valence-corrected chi connectivity index (χ1v) is 5.57. The van der Waals surface area contributed by atoms with Crippen LogP contribution in [0.1, 0.15) is 18.1 Å². The van der Waals surface area contributed by atoms with Gasteiger partial charge in [-0.25, -0.2) is 0 Å². The summed E-state index contributed by atoms with van der Waals surface area (Å²) in [5, 5.41) is 0. The molecule has 0 N–H and O–H groups in total. The molecule has 0 fully saturated rings. The standard InChI is InChI=1S/C13H16O3/c1-3-16-13(14)11-6-9-4-5-12(15-2)8-10(9)7-11/h4-5,8,11H,3,6-7H2,1-2H3/t11-/m0/s1. The summed E-state index contributed by atoms with van der Waals surface area (Å²) in [6.07, 6.45) is 1.56. The summed E-state index contributed by atoms with van der Waals surface area (Å²) in [5.74, 6) is 0.753. The maximum absolute atomic E-state index is 11.6. The molecule has 16 heavy (non-hydrogen) atoms. The minimum absolute atomic E-state index is 0.0120. The summed E-state index contributed by atoms with van der Waals surface area (Å²) in [7, 11) is 1.65. The lowest BCUT2D eigenvalue weighted by molar-refractivity contribution is -0.147. The second kappa shape index (κ2) is 4.56. The van der Waals surface area contributed by atoms with E-state index < -0.39 is 0 Å². The van der Waals surface area contributed by atoms with Gasteiger partial charge < -0.3 is 9.47 Å². The van der Waals surface area contributed by atoms with Crippen molar-refractivity contribution < 1.29 is 14.3 Å². The quantitative estimate of drug-likeness (QED) is 0.731. The third-order valence-electron chi connectivity index (χ3n) is 2.97. The number of methoxy groups -OCH3 is 1. The molecular formula is C13H16O3. The molecule has 1 aromatic carbocycles. The Bertz CT molecular complexity index is 398. The van der Waals surface area contributed by atoms with Crippen molar-refractivity contribution in [3.63, 3.8) is 0 Å². The molecule has 1 aliphatic rings. The summed E-state index contributed by atoms with van der Waals surface area (Å²) in [6.45, 7) is 2.29. The molecule has 0 amide bonds. The maximum Gasteiger partial charge on any atom is 0.309 e. The summed E-state index contributed by atoms with van der Waals surface area (Å²) < 4.78 is 10.2. The summed E-state index contributed by atoms with van der Waals surface area (Å²) in [5.41, 5.74) is 2.44. The van der Waals surface area contributed by atoms with Crippen molar-refractivity contribution in [1.82, 2.24) is 0 Å². The number of fused-ring (bicyclic) bond motifs is 1. The van der Waals surface area contributed by atoms with Gasteiger partial charge in [0.05, 0.1) is 19.6 Å². The smallest absolute Gasteiger partial charge is 0.309 e. The van der Waals surface area contributed by atoms with E-state index in [1.54, 1.807) is 7.11 Å². The molecule has 3 nitrogen and oxygen atoms in total. The minimum Gasteiger partial charge on any atom is -0.497 e. The Morgan fingerprint density at radius 1 is 1.38 bits per heavy atom. The van der Waals surface area contributed by atoms with Crippen LogP contribution in [0.25, 0.3) is 0 Å². The van der Waals surface area contributed by atoms with Crippen molar-refractivity contribution in [3.05, 3.63) is 29.3 Å². The van der Waals surface area contributed by atoms with Crippen molar-refractivity contribution in [3.8, 4) is 5.75 Å². The molecule has 2 rings (SSSR count). The highest BCUT2D eigenvalue weighted by atomic mass is 16.5. The van der Waals surface area contributed by atoms with Crippen molar-refractivity contribution in [2.45, 2.75) is 19.8 Å². The van der Waals surface area contributed by atoms with Crippen LogP contribution in [0.5, 0.6) is 5.75 Å². The fourth-order valence-electron chi connectivity index (χ4n) is 2.15. The number of carbonyl (C=O) groups excluding carboxylic acids is 1. The van der Waals surface area contributed by atoms with Crippen LogP contribution in [0.15, 0.2) is 18.2 Å². The average molecular weight is 220 g/mol. The molecule has 86 valence electrons. The predicted molar refractivity (Wildman–Crippen MR) is 60.5 cm³/mol. The molecule has 0 heterocycles. The van der Waals surface area contributed by atoms with Crippen LogP contribution in [0.2, 0.25) is 0 Å². The van der Waals surface area contributed by atoms with Crippen LogP contribution >= 0.6 is 0 Å². The van der Waals surface area contributed by atoms with E-state index in [4.69, 9.17) is 9.47 Å². The molecule has 1 aliphatic carbocycles. The number of benzene rings is 1. The third kappa shape index (κ3) is 2.03. The number of rotatable bonds is 3. The Balaban J connectivity index is 2.11. The lowest BCUT2D eigenvalue weighted by atomic mass is 10.1. The Morgan fingerprint density at radius 3 is 2.81 bits per heavy atom. The van der Waals surface area contributed by atoms with Crippen LogP contribution in [0.3, 0.4) is 0 Å². The minimum atomic E-state index is -0.0855. The summed E-state index contributed by atoms with van der Waals surface area (Å²) in [4.78, 5) is 11.6. The van der Waals surface area contributed by atoms with E-state index in [2.05, 4.69) is 0 Å². The van der Waals surface area contributed by atoms with Gasteiger partial charge in [0.2, 0.25) is 0 Å². The van der Waals surface area contributed by atoms with Gasteiger partial charge in [0.1, 0.15) is 5.75 Å². The van der Waals surface area contributed by atoms with Crippen LogP contribution in [0, 0.1) is 5.92 Å². The zero-order valence-corrected chi connectivity index (χ0v) is 9.66. The molecule has 0 radical (unpaired) electrons. The zero-order chi connectivity index (χ0) is 11.5. The van der Waals surface area contributed by atoms with E-state index in [0.717, 1.165) is 18.6 Å². The Morgan fingerprint density at radius 2 is 2.12 bits per heavy atom. The highest BCUT2D eigenvalue weighted by Gasteiger charge is 2.28. The van der Waals surface area contributed by atoms with E-state index >= 15 is 0 Å². The maximum atomic E-state index is 11.6. The van der Waals surface area contributed by atoms with Crippen molar-refractivity contribution in [1.29, 1.82) is 0 Å². The number of ether oxygens (including phenoxy) is 2. The van der Waals surface area contributed by atoms with E-state index in [1.165, 1.54) is 11.1 Å². The van der Waals surface area contributed by atoms with E-state index in [1.807, 2.05) is 25.1 Å². The topological polar surface area (TPSA) is 35.5 Å². The Kier molecular flexibility index (Phi) is 3.13. The van der Waals surface area contributed by atoms with Gasteiger partial charge in [-0.1, -0.05) is 6.07 Å². The first kappa shape index (κ1) is 11.0. The fourth-order valence-corrected chi connectivity index (χ4v) is 2.15. The van der Waals surface area contributed by atoms with Crippen LogP contribution in [-0.2, 0) is 22.4 Å². The van der Waals surface area contributed by atoms with Gasteiger partial charge in [-0.15, -0.1) is 0 Å². The van der Waals surface area contributed by atoms with Gasteiger partial charge in [-0.2, -0.15) is 0 Å². The second-order valence-electron chi connectivity index (χ2n) is 3.99. The van der Waals surface area contributed by atoms with Crippen molar-refractivity contribution >= 4 is 5.97 Å². The molecule has 0 saturated heterocycles. The summed E-state index contributed by atoms with van der Waals surface area (Å²) >= 11 is 0. The monoisotopic (exact) mass is 220 g/mol. The van der Waals surface area contributed by atoms with Crippen molar-refractivity contribution in [2.24, 2.45) is 5.92 Å². The van der Waals surface area contributed by atoms with Gasteiger partial charge in [0, 0.05) is 0 Å². The van der Waals surface area contributed by atoms with E-state index in [-0.39, 0.29) is 11.9 Å². The molecule has 0 aliphatic heterocycles. The van der Waals surface area contributed by atoms with Gasteiger partial charge in [-0.05, 0) is 43.0 Å². The molecule has 1 aromatic rings. The second-order valence-corrected chi connectivity index (χ2v) is 3.99. The fraction of sp³-hybridized carbons (Fsp3) is 0.462. The molecule has 3 heteroatoms. The normalized spacial score (nSPS) is 18.0. The number of hydrogen-bond acceptors (Lipinski definition) is 3. The largest absolute Gasteiger partial charge is 0.497 e. The first-order chi connectivity index (χ1) is 7.74. The predicted octanol–water partition coefficient (Wildman–Crippen LogP) is 1.97. The first-order valence-electron chi connectivity index (χ1n) is 5.57. The Labute approximate surface area is 95.4 Å². The summed E-state index contributed by atoms with van der Waals surface area (Å²) in [6, 6.07) is 5.98. The van der Waals surface area contributed by atoms with E-state index in [9.17, 15) is 4.79 Å². The van der Waals surface area contributed by atoms with Crippen LogP contribution in [-0.4, -0.2) is 19.7 Å².